The van der Waals surface area contributed by atoms with Crippen molar-refractivity contribution in [2.45, 2.75) is 58.0 Å². The fourth-order valence-electron chi connectivity index (χ4n) is 2.26. The van der Waals surface area contributed by atoms with Gasteiger partial charge in [0.25, 0.3) is 5.97 Å². The van der Waals surface area contributed by atoms with E-state index in [1.807, 2.05) is 0 Å². The number of rotatable bonds is 5. The molecule has 2 bridgehead atoms. The van der Waals surface area contributed by atoms with Gasteiger partial charge in [-0.1, -0.05) is 20.8 Å². The van der Waals surface area contributed by atoms with Gasteiger partial charge in [-0.2, -0.15) is 0 Å². The first kappa shape index (κ1) is 11.4. The third-order valence-electron chi connectivity index (χ3n) is 3.22. The van der Waals surface area contributed by atoms with E-state index < -0.39 is 5.97 Å². The zero-order valence-corrected chi connectivity index (χ0v) is 10.0. The molecular formula is C12H22O3. The van der Waals surface area contributed by atoms with E-state index in [0.29, 0.717) is 19.1 Å². The molecule has 0 aromatic heterocycles. The second-order valence-electron chi connectivity index (χ2n) is 5.23. The smallest absolute Gasteiger partial charge is 0.283 e. The molecule has 0 saturated carbocycles. The lowest BCUT2D eigenvalue weighted by molar-refractivity contribution is -0.301. The van der Waals surface area contributed by atoms with Crippen LogP contribution in [0.25, 0.3) is 0 Å². The van der Waals surface area contributed by atoms with Crippen molar-refractivity contribution in [2.75, 3.05) is 13.2 Å². The molecule has 2 heterocycles. The first-order valence-corrected chi connectivity index (χ1v) is 6.08. The van der Waals surface area contributed by atoms with Crippen LogP contribution in [-0.4, -0.2) is 24.8 Å². The van der Waals surface area contributed by atoms with Crippen molar-refractivity contribution in [3.63, 3.8) is 0 Å². The summed E-state index contributed by atoms with van der Waals surface area (Å²) in [6, 6.07) is 0. The van der Waals surface area contributed by atoms with Crippen molar-refractivity contribution >= 4 is 0 Å². The Hall–Kier alpha value is -0.120. The van der Waals surface area contributed by atoms with Crippen LogP contribution in [0.3, 0.4) is 0 Å². The first-order chi connectivity index (χ1) is 7.10. The Morgan fingerprint density at radius 2 is 1.80 bits per heavy atom. The molecule has 0 N–H and O–H groups in total. The van der Waals surface area contributed by atoms with E-state index >= 15 is 0 Å². The van der Waals surface area contributed by atoms with E-state index in [0.717, 1.165) is 19.3 Å². The van der Waals surface area contributed by atoms with Crippen molar-refractivity contribution in [1.29, 1.82) is 0 Å². The van der Waals surface area contributed by atoms with Crippen molar-refractivity contribution in [1.82, 2.24) is 0 Å². The highest BCUT2D eigenvalue weighted by atomic mass is 16.9. The number of ether oxygens (including phenoxy) is 3. The summed E-state index contributed by atoms with van der Waals surface area (Å²) in [4.78, 5) is 0. The molecule has 88 valence electrons. The summed E-state index contributed by atoms with van der Waals surface area (Å²) in [5, 5.41) is 0. The molecule has 0 aliphatic carbocycles. The zero-order chi connectivity index (χ0) is 10.9. The van der Waals surface area contributed by atoms with Gasteiger partial charge in [0.2, 0.25) is 0 Å². The van der Waals surface area contributed by atoms with Gasteiger partial charge >= 0.3 is 0 Å². The van der Waals surface area contributed by atoms with Crippen LogP contribution in [0.1, 0.15) is 46.5 Å². The molecule has 2 fully saturated rings. The van der Waals surface area contributed by atoms with Gasteiger partial charge in [-0.05, 0) is 25.2 Å². The minimum absolute atomic E-state index is 0.139. The average molecular weight is 214 g/mol. The van der Waals surface area contributed by atoms with Gasteiger partial charge < -0.3 is 14.2 Å². The summed E-state index contributed by atoms with van der Waals surface area (Å²) in [6.45, 7) is 8.01. The molecular weight excluding hydrogens is 192 g/mol. The molecule has 0 aromatic rings. The Bertz CT molecular complexity index is 217. The number of hydrogen-bond donors (Lipinski definition) is 0. The first-order valence-electron chi connectivity index (χ1n) is 6.08. The standard InChI is InChI=1S/C12H22O3/c1-4-6-12-13-8-11(15-12,9-14-12)7-5-10(2)3/h10H,4-9H2,1-3H3. The van der Waals surface area contributed by atoms with E-state index in [-0.39, 0.29) is 5.60 Å². The zero-order valence-electron chi connectivity index (χ0n) is 10.0. The van der Waals surface area contributed by atoms with Gasteiger partial charge in [0.15, 0.2) is 0 Å². The molecule has 0 unspecified atom stereocenters. The SMILES string of the molecule is CCCC12OCC(CCC(C)C)(CO1)O2. The molecule has 2 saturated heterocycles. The van der Waals surface area contributed by atoms with Crippen LogP contribution in [-0.2, 0) is 14.2 Å². The Morgan fingerprint density at radius 1 is 1.13 bits per heavy atom. The van der Waals surface area contributed by atoms with Crippen LogP contribution >= 0.6 is 0 Å². The second-order valence-corrected chi connectivity index (χ2v) is 5.23. The normalized spacial score (nSPS) is 39.2. The molecule has 15 heavy (non-hydrogen) atoms. The molecule has 0 radical (unpaired) electrons. The lowest BCUT2D eigenvalue weighted by atomic mass is 9.95. The van der Waals surface area contributed by atoms with E-state index in [2.05, 4.69) is 20.8 Å². The molecule has 2 aliphatic heterocycles. The summed E-state index contributed by atoms with van der Waals surface area (Å²) in [7, 11) is 0. The van der Waals surface area contributed by atoms with Gasteiger partial charge in [-0.25, -0.2) is 0 Å². The van der Waals surface area contributed by atoms with E-state index in [1.54, 1.807) is 0 Å². The summed E-state index contributed by atoms with van der Waals surface area (Å²) < 4.78 is 17.3. The van der Waals surface area contributed by atoms with E-state index in [4.69, 9.17) is 14.2 Å². The monoisotopic (exact) mass is 214 g/mol. The van der Waals surface area contributed by atoms with Crippen molar-refractivity contribution in [3.05, 3.63) is 0 Å². The highest BCUT2D eigenvalue weighted by Gasteiger charge is 2.57. The molecule has 2 rings (SSSR count). The van der Waals surface area contributed by atoms with E-state index in [9.17, 15) is 0 Å². The topological polar surface area (TPSA) is 27.7 Å². The quantitative estimate of drug-likeness (QED) is 0.704. The third-order valence-corrected chi connectivity index (χ3v) is 3.22. The fourth-order valence-corrected chi connectivity index (χ4v) is 2.26. The van der Waals surface area contributed by atoms with E-state index in [1.165, 1.54) is 6.42 Å². The summed E-state index contributed by atoms with van der Waals surface area (Å²) >= 11 is 0. The molecule has 3 nitrogen and oxygen atoms in total. The van der Waals surface area contributed by atoms with Crippen LogP contribution in [0, 0.1) is 5.92 Å². The van der Waals surface area contributed by atoms with Gasteiger partial charge in [0.05, 0.1) is 13.2 Å². The molecule has 0 spiro atoms. The highest BCUT2D eigenvalue weighted by molar-refractivity contribution is 4.93. The minimum atomic E-state index is -0.689. The Labute approximate surface area is 92.1 Å². The Kier molecular flexibility index (Phi) is 3.06. The Morgan fingerprint density at radius 3 is 2.33 bits per heavy atom. The summed E-state index contributed by atoms with van der Waals surface area (Å²) in [6.07, 6.45) is 4.10. The maximum absolute atomic E-state index is 5.99. The van der Waals surface area contributed by atoms with Crippen LogP contribution in [0.2, 0.25) is 0 Å². The number of fused-ring (bicyclic) bond motifs is 2. The molecule has 3 heteroatoms. The van der Waals surface area contributed by atoms with Gasteiger partial charge in [0.1, 0.15) is 5.60 Å². The highest BCUT2D eigenvalue weighted by Crippen LogP contribution is 2.45. The van der Waals surface area contributed by atoms with Gasteiger partial charge in [-0.3, -0.25) is 0 Å². The maximum Gasteiger partial charge on any atom is 0.283 e. The van der Waals surface area contributed by atoms with Crippen LogP contribution in [0.4, 0.5) is 0 Å². The summed E-state index contributed by atoms with van der Waals surface area (Å²) in [5.41, 5.74) is -0.139. The van der Waals surface area contributed by atoms with Crippen LogP contribution in [0.5, 0.6) is 0 Å². The predicted octanol–water partition coefficient (Wildman–Crippen LogP) is 2.69. The Balaban J connectivity index is 1.92. The molecule has 0 amide bonds. The van der Waals surface area contributed by atoms with Gasteiger partial charge in [-0.15, -0.1) is 0 Å². The number of hydrogen-bond acceptors (Lipinski definition) is 3. The fraction of sp³-hybridized carbons (Fsp3) is 1.00. The van der Waals surface area contributed by atoms with Crippen molar-refractivity contribution in [3.8, 4) is 0 Å². The maximum atomic E-state index is 5.99. The largest absolute Gasteiger partial charge is 0.324 e. The van der Waals surface area contributed by atoms with Crippen LogP contribution in [0.15, 0.2) is 0 Å². The minimum Gasteiger partial charge on any atom is -0.324 e. The van der Waals surface area contributed by atoms with Gasteiger partial charge in [0, 0.05) is 6.42 Å². The lowest BCUT2D eigenvalue weighted by Gasteiger charge is -2.24. The third kappa shape index (κ3) is 2.19. The van der Waals surface area contributed by atoms with Crippen molar-refractivity contribution < 1.29 is 14.2 Å². The molecule has 0 aromatic carbocycles. The van der Waals surface area contributed by atoms with Crippen molar-refractivity contribution in [2.24, 2.45) is 5.92 Å². The molecule has 2 aliphatic rings. The average Bonchev–Trinajstić information content (AvgIpc) is 2.72. The predicted molar refractivity (Wildman–Crippen MR) is 57.4 cm³/mol. The lowest BCUT2D eigenvalue weighted by Crippen LogP contribution is -2.36. The van der Waals surface area contributed by atoms with Crippen LogP contribution < -0.4 is 0 Å². The second kappa shape index (κ2) is 4.04. The summed E-state index contributed by atoms with van der Waals surface area (Å²) in [5.74, 6) is 0.0240. The molecule has 0 atom stereocenters.